The molecule has 0 heterocycles. The summed E-state index contributed by atoms with van der Waals surface area (Å²) in [6.45, 7) is 1.71. The van der Waals surface area contributed by atoms with Crippen molar-refractivity contribution in [3.63, 3.8) is 0 Å². The van der Waals surface area contributed by atoms with E-state index in [1.54, 1.807) is 14.2 Å². The molecule has 0 amide bonds. The van der Waals surface area contributed by atoms with Gasteiger partial charge in [-0.2, -0.15) is 0 Å². The molecule has 0 aliphatic carbocycles. The lowest BCUT2D eigenvalue weighted by molar-refractivity contribution is 0.0167. The van der Waals surface area contributed by atoms with Crippen LogP contribution in [0.25, 0.3) is 0 Å². The number of methoxy groups -OCH3 is 2. The van der Waals surface area contributed by atoms with Gasteiger partial charge in [-0.05, 0) is 36.6 Å². The molecule has 20 heavy (non-hydrogen) atoms. The number of ether oxygens (including phenoxy) is 3. The molecule has 114 valence electrons. The maximum atomic E-state index is 12.0. The summed E-state index contributed by atoms with van der Waals surface area (Å²) in [5.74, 6) is 1.31. The highest BCUT2D eigenvalue weighted by Gasteiger charge is 2.15. The first-order valence-electron chi connectivity index (χ1n) is 6.22. The summed E-state index contributed by atoms with van der Waals surface area (Å²) >= 11 is 3.55. The molecule has 0 spiro atoms. The van der Waals surface area contributed by atoms with Crippen molar-refractivity contribution in [2.45, 2.75) is 24.6 Å². The Bertz CT molecular complexity index is 427. The van der Waals surface area contributed by atoms with Crippen LogP contribution in [0, 0.1) is 6.92 Å². The van der Waals surface area contributed by atoms with Crippen LogP contribution in [-0.4, -0.2) is 33.9 Å². The smallest absolute Gasteiger partial charge is 0.261 e. The molecule has 0 saturated heterocycles. The van der Waals surface area contributed by atoms with Crippen molar-refractivity contribution < 1.29 is 23.0 Å². The zero-order valence-corrected chi connectivity index (χ0v) is 13.4. The first-order valence-corrected chi connectivity index (χ1v) is 7.13. The molecule has 1 aromatic rings. The van der Waals surface area contributed by atoms with Crippen molar-refractivity contribution in [1.82, 2.24) is 0 Å². The Morgan fingerprint density at radius 1 is 1.15 bits per heavy atom. The molecular formula is C14H19BrF2O3. The van der Waals surface area contributed by atoms with E-state index in [4.69, 9.17) is 14.2 Å². The fourth-order valence-electron chi connectivity index (χ4n) is 1.85. The molecule has 0 N–H and O–H groups in total. The fourth-order valence-corrected chi connectivity index (χ4v) is 2.53. The molecule has 1 unspecified atom stereocenters. The van der Waals surface area contributed by atoms with Crippen molar-refractivity contribution in [2.75, 3.05) is 27.4 Å². The zero-order valence-electron chi connectivity index (χ0n) is 11.8. The monoisotopic (exact) mass is 352 g/mol. The Hall–Kier alpha value is -0.880. The second kappa shape index (κ2) is 8.42. The van der Waals surface area contributed by atoms with Gasteiger partial charge in [0.05, 0.1) is 14.2 Å². The number of halogens is 3. The topological polar surface area (TPSA) is 27.7 Å². The lowest BCUT2D eigenvalue weighted by Gasteiger charge is -2.17. The van der Waals surface area contributed by atoms with Crippen LogP contribution in [-0.2, 0) is 4.74 Å². The number of benzene rings is 1. The number of hydrogen-bond donors (Lipinski definition) is 0. The first-order chi connectivity index (χ1) is 9.49. The van der Waals surface area contributed by atoms with Gasteiger partial charge >= 0.3 is 0 Å². The van der Waals surface area contributed by atoms with E-state index in [1.165, 1.54) is 0 Å². The highest BCUT2D eigenvalue weighted by molar-refractivity contribution is 9.09. The summed E-state index contributed by atoms with van der Waals surface area (Å²) in [4.78, 5) is 0.0139. The van der Waals surface area contributed by atoms with Crippen LogP contribution in [0.2, 0.25) is 0 Å². The van der Waals surface area contributed by atoms with Crippen molar-refractivity contribution in [3.05, 3.63) is 23.3 Å². The third-order valence-electron chi connectivity index (χ3n) is 2.87. The second-order valence-electron chi connectivity index (χ2n) is 4.29. The molecule has 0 fully saturated rings. The average molecular weight is 353 g/mol. The average Bonchev–Trinajstić information content (AvgIpc) is 2.42. The van der Waals surface area contributed by atoms with E-state index in [2.05, 4.69) is 15.9 Å². The largest absolute Gasteiger partial charge is 0.493 e. The van der Waals surface area contributed by atoms with Gasteiger partial charge in [-0.15, -0.1) is 0 Å². The van der Waals surface area contributed by atoms with E-state index >= 15 is 0 Å². The lowest BCUT2D eigenvalue weighted by Crippen LogP contribution is -2.07. The molecule has 0 aromatic heterocycles. The van der Waals surface area contributed by atoms with E-state index in [0.717, 1.165) is 11.1 Å². The predicted octanol–water partition coefficient (Wildman–Crippen LogP) is 4.12. The Morgan fingerprint density at radius 2 is 1.75 bits per heavy atom. The molecule has 0 radical (unpaired) electrons. The van der Waals surface area contributed by atoms with Crippen LogP contribution >= 0.6 is 15.9 Å². The van der Waals surface area contributed by atoms with Crippen LogP contribution < -0.4 is 9.47 Å². The summed E-state index contributed by atoms with van der Waals surface area (Å²) in [5, 5.41) is 0. The van der Waals surface area contributed by atoms with Crippen molar-refractivity contribution in [3.8, 4) is 11.5 Å². The van der Waals surface area contributed by atoms with E-state index < -0.39 is 13.0 Å². The predicted molar refractivity (Wildman–Crippen MR) is 77.4 cm³/mol. The van der Waals surface area contributed by atoms with Crippen LogP contribution in [0.5, 0.6) is 11.5 Å². The summed E-state index contributed by atoms with van der Waals surface area (Å²) in [7, 11) is 3.16. The Morgan fingerprint density at radius 3 is 2.30 bits per heavy atom. The minimum absolute atomic E-state index is 0.0139. The van der Waals surface area contributed by atoms with Crippen LogP contribution in [0.4, 0.5) is 8.78 Å². The molecule has 0 bridgehead atoms. The lowest BCUT2D eigenvalue weighted by atomic mass is 10.0. The molecule has 3 nitrogen and oxygen atoms in total. The molecular weight excluding hydrogens is 334 g/mol. The summed E-state index contributed by atoms with van der Waals surface area (Å²) < 4.78 is 39.3. The van der Waals surface area contributed by atoms with Crippen LogP contribution in [0.1, 0.15) is 22.4 Å². The van der Waals surface area contributed by atoms with E-state index in [9.17, 15) is 8.78 Å². The molecule has 0 aliphatic heterocycles. The van der Waals surface area contributed by atoms with Gasteiger partial charge in [0.1, 0.15) is 6.61 Å². The number of rotatable bonds is 8. The minimum atomic E-state index is -2.42. The molecule has 1 atom stereocenters. The maximum Gasteiger partial charge on any atom is 0.261 e. The highest BCUT2D eigenvalue weighted by atomic mass is 79.9. The zero-order chi connectivity index (χ0) is 15.1. The Kier molecular flexibility index (Phi) is 7.23. The SMILES string of the molecule is COc1cc(C)c(C(Br)CCOCC(F)F)cc1OC. The summed E-state index contributed by atoms with van der Waals surface area (Å²) in [6, 6.07) is 3.78. The summed E-state index contributed by atoms with van der Waals surface area (Å²) in [6.07, 6.45) is -1.82. The van der Waals surface area contributed by atoms with Gasteiger partial charge in [-0.1, -0.05) is 15.9 Å². The van der Waals surface area contributed by atoms with E-state index in [0.29, 0.717) is 17.9 Å². The molecule has 6 heteroatoms. The number of alkyl halides is 3. The van der Waals surface area contributed by atoms with Crippen molar-refractivity contribution in [2.24, 2.45) is 0 Å². The fraction of sp³-hybridized carbons (Fsp3) is 0.571. The van der Waals surface area contributed by atoms with E-state index in [1.807, 2.05) is 19.1 Å². The van der Waals surface area contributed by atoms with Crippen molar-refractivity contribution >= 4 is 15.9 Å². The van der Waals surface area contributed by atoms with Gasteiger partial charge in [0.25, 0.3) is 6.43 Å². The van der Waals surface area contributed by atoms with Gasteiger partial charge in [0, 0.05) is 11.4 Å². The van der Waals surface area contributed by atoms with Gasteiger partial charge in [-0.3, -0.25) is 0 Å². The molecule has 0 saturated carbocycles. The normalized spacial score (nSPS) is 12.6. The maximum absolute atomic E-state index is 12.0. The van der Waals surface area contributed by atoms with Gasteiger partial charge < -0.3 is 14.2 Å². The highest BCUT2D eigenvalue weighted by Crippen LogP contribution is 2.37. The molecule has 1 rings (SSSR count). The standard InChI is InChI=1S/C14H19BrF2O3/c1-9-6-12(18-2)13(19-3)7-10(9)11(15)4-5-20-8-14(16)17/h6-7,11,14H,4-5,8H2,1-3H3. The Labute approximate surface area is 126 Å². The van der Waals surface area contributed by atoms with Gasteiger partial charge in [-0.25, -0.2) is 8.78 Å². The van der Waals surface area contributed by atoms with Crippen LogP contribution in [0.15, 0.2) is 12.1 Å². The van der Waals surface area contributed by atoms with Crippen molar-refractivity contribution in [1.29, 1.82) is 0 Å². The Balaban J connectivity index is 2.69. The third-order valence-corrected chi connectivity index (χ3v) is 3.82. The molecule has 0 aliphatic rings. The summed E-state index contributed by atoms with van der Waals surface area (Å²) in [5.41, 5.74) is 2.07. The second-order valence-corrected chi connectivity index (χ2v) is 5.39. The third kappa shape index (κ3) is 4.90. The van der Waals surface area contributed by atoms with Gasteiger partial charge in [0.2, 0.25) is 0 Å². The quantitative estimate of drug-likeness (QED) is 0.520. The van der Waals surface area contributed by atoms with Gasteiger partial charge in [0.15, 0.2) is 11.5 Å². The first kappa shape index (κ1) is 17.2. The number of hydrogen-bond acceptors (Lipinski definition) is 3. The van der Waals surface area contributed by atoms with E-state index in [-0.39, 0.29) is 11.4 Å². The van der Waals surface area contributed by atoms with Crippen LogP contribution in [0.3, 0.4) is 0 Å². The minimum Gasteiger partial charge on any atom is -0.493 e. The number of aryl methyl sites for hydroxylation is 1. The molecule has 1 aromatic carbocycles.